The SMILES string of the molecule is Cc1ncc(-c2cccc3cc([C@@H](Nc4ncnc5cccc(F)c45)C(C)C)n(-c4ccccc4)c(=O)c23)cn1. The molecule has 0 radical (unpaired) electrons. The first-order valence-corrected chi connectivity index (χ1v) is 13.1. The van der Waals surface area contributed by atoms with Gasteiger partial charge in [0.1, 0.15) is 23.8 Å². The van der Waals surface area contributed by atoms with E-state index in [1.807, 2.05) is 61.5 Å². The molecule has 40 heavy (non-hydrogen) atoms. The normalized spacial score (nSPS) is 12.2. The van der Waals surface area contributed by atoms with E-state index in [9.17, 15) is 9.18 Å². The minimum atomic E-state index is -0.410. The van der Waals surface area contributed by atoms with Gasteiger partial charge < -0.3 is 5.32 Å². The van der Waals surface area contributed by atoms with Gasteiger partial charge in [0.2, 0.25) is 0 Å². The topological polar surface area (TPSA) is 85.6 Å². The summed E-state index contributed by atoms with van der Waals surface area (Å²) in [6.07, 6.45) is 4.90. The lowest BCUT2D eigenvalue weighted by molar-refractivity contribution is 0.523. The van der Waals surface area contributed by atoms with Crippen molar-refractivity contribution in [3.8, 4) is 16.8 Å². The molecule has 0 unspecified atom stereocenters. The van der Waals surface area contributed by atoms with Crippen molar-refractivity contribution >= 4 is 27.5 Å². The Morgan fingerprint density at radius 1 is 0.850 bits per heavy atom. The van der Waals surface area contributed by atoms with Crippen molar-refractivity contribution in [2.45, 2.75) is 26.8 Å². The van der Waals surface area contributed by atoms with Crippen LogP contribution in [0.2, 0.25) is 0 Å². The van der Waals surface area contributed by atoms with Gasteiger partial charge in [-0.1, -0.05) is 56.3 Å². The second-order valence-electron chi connectivity index (χ2n) is 10.1. The summed E-state index contributed by atoms with van der Waals surface area (Å²) in [5.74, 6) is 0.635. The number of fused-ring (bicyclic) bond motifs is 2. The number of aromatic nitrogens is 5. The van der Waals surface area contributed by atoms with Gasteiger partial charge in [-0.25, -0.2) is 24.3 Å². The number of rotatable bonds is 6. The molecule has 0 spiro atoms. The van der Waals surface area contributed by atoms with Gasteiger partial charge in [-0.3, -0.25) is 9.36 Å². The Balaban J connectivity index is 1.61. The number of nitrogens with zero attached hydrogens (tertiary/aromatic N) is 5. The zero-order valence-corrected chi connectivity index (χ0v) is 22.3. The maximum Gasteiger partial charge on any atom is 0.263 e. The molecule has 1 N–H and O–H groups in total. The van der Waals surface area contributed by atoms with Crippen molar-refractivity contribution in [3.05, 3.63) is 119 Å². The zero-order chi connectivity index (χ0) is 27.8. The van der Waals surface area contributed by atoms with E-state index in [0.717, 1.165) is 27.9 Å². The highest BCUT2D eigenvalue weighted by atomic mass is 19.1. The number of hydrogen-bond donors (Lipinski definition) is 1. The van der Waals surface area contributed by atoms with Crippen LogP contribution in [0.15, 0.2) is 96.3 Å². The minimum absolute atomic E-state index is 0.0114. The maximum atomic E-state index is 15.0. The molecule has 0 saturated heterocycles. The van der Waals surface area contributed by atoms with Crippen LogP contribution in [0, 0.1) is 18.7 Å². The molecule has 0 bridgehead atoms. The Morgan fingerprint density at radius 2 is 1.60 bits per heavy atom. The molecule has 8 heteroatoms. The number of para-hydroxylation sites is 1. The second kappa shape index (κ2) is 10.3. The fourth-order valence-corrected chi connectivity index (χ4v) is 5.13. The predicted octanol–water partition coefficient (Wildman–Crippen LogP) is 6.65. The lowest BCUT2D eigenvalue weighted by Gasteiger charge is -2.28. The summed E-state index contributed by atoms with van der Waals surface area (Å²) in [5.41, 5.74) is 3.33. The van der Waals surface area contributed by atoms with Crippen LogP contribution >= 0.6 is 0 Å². The van der Waals surface area contributed by atoms with Gasteiger partial charge in [-0.2, -0.15) is 0 Å². The molecule has 1 atom stereocenters. The lowest BCUT2D eigenvalue weighted by atomic mass is 9.95. The first kappa shape index (κ1) is 25.3. The highest BCUT2D eigenvalue weighted by Crippen LogP contribution is 2.34. The summed E-state index contributed by atoms with van der Waals surface area (Å²) in [6.45, 7) is 5.94. The number of benzene rings is 3. The van der Waals surface area contributed by atoms with Crippen LogP contribution in [0.1, 0.15) is 31.4 Å². The zero-order valence-electron chi connectivity index (χ0n) is 22.3. The molecule has 198 valence electrons. The summed E-state index contributed by atoms with van der Waals surface area (Å²) >= 11 is 0. The quantitative estimate of drug-likeness (QED) is 0.260. The molecule has 3 heterocycles. The van der Waals surface area contributed by atoms with Crippen molar-refractivity contribution in [2.24, 2.45) is 5.92 Å². The Bertz CT molecular complexity index is 1900. The number of aryl methyl sites for hydroxylation is 1. The van der Waals surface area contributed by atoms with Crippen LogP contribution in [0.5, 0.6) is 0 Å². The fourth-order valence-electron chi connectivity index (χ4n) is 5.13. The first-order valence-electron chi connectivity index (χ1n) is 13.1. The number of anilines is 1. The average molecular weight is 531 g/mol. The van der Waals surface area contributed by atoms with E-state index in [1.54, 1.807) is 29.1 Å². The number of halogens is 1. The van der Waals surface area contributed by atoms with Crippen molar-refractivity contribution < 1.29 is 4.39 Å². The van der Waals surface area contributed by atoms with E-state index in [2.05, 4.69) is 39.1 Å². The number of hydrogen-bond acceptors (Lipinski definition) is 6. The average Bonchev–Trinajstić information content (AvgIpc) is 2.96. The molecular weight excluding hydrogens is 503 g/mol. The molecular formula is C32H27FN6O. The van der Waals surface area contributed by atoms with Crippen LogP contribution in [-0.4, -0.2) is 24.5 Å². The van der Waals surface area contributed by atoms with E-state index in [1.165, 1.54) is 12.4 Å². The van der Waals surface area contributed by atoms with Gasteiger partial charge in [0.15, 0.2) is 0 Å². The van der Waals surface area contributed by atoms with E-state index in [-0.39, 0.29) is 17.5 Å². The third-order valence-corrected chi connectivity index (χ3v) is 7.07. The highest BCUT2D eigenvalue weighted by molar-refractivity contribution is 5.96. The van der Waals surface area contributed by atoms with Gasteiger partial charge in [-0.05, 0) is 54.1 Å². The van der Waals surface area contributed by atoms with Gasteiger partial charge in [0.25, 0.3) is 5.56 Å². The Hall–Kier alpha value is -4.98. The summed E-state index contributed by atoms with van der Waals surface area (Å²) in [5, 5.41) is 5.14. The first-order chi connectivity index (χ1) is 19.4. The Morgan fingerprint density at radius 3 is 2.35 bits per heavy atom. The Labute approximate surface area is 230 Å². The number of nitrogens with one attached hydrogen (secondary N) is 1. The van der Waals surface area contributed by atoms with E-state index < -0.39 is 5.82 Å². The summed E-state index contributed by atoms with van der Waals surface area (Å²) in [4.78, 5) is 31.8. The molecule has 7 nitrogen and oxygen atoms in total. The monoisotopic (exact) mass is 530 g/mol. The molecule has 0 fully saturated rings. The maximum absolute atomic E-state index is 15.0. The molecule has 0 aliphatic rings. The summed E-state index contributed by atoms with van der Waals surface area (Å²) < 4.78 is 16.7. The molecule has 0 aliphatic carbocycles. The third-order valence-electron chi connectivity index (χ3n) is 7.07. The molecule has 0 saturated carbocycles. The molecule has 6 aromatic rings. The number of pyridine rings is 1. The van der Waals surface area contributed by atoms with Crippen LogP contribution in [0.3, 0.4) is 0 Å². The second-order valence-corrected chi connectivity index (χ2v) is 10.1. The van der Waals surface area contributed by atoms with Gasteiger partial charge in [0.05, 0.1) is 22.3 Å². The predicted molar refractivity (Wildman–Crippen MR) is 156 cm³/mol. The third kappa shape index (κ3) is 4.47. The highest BCUT2D eigenvalue weighted by Gasteiger charge is 2.25. The molecule has 0 aliphatic heterocycles. The smallest absolute Gasteiger partial charge is 0.263 e. The molecule has 0 amide bonds. The standard InChI is InChI=1S/C32H27FN6O/c1-19(2)30(38-31-29-25(33)13-8-14-26(29)36-18-37-31)27-15-21-9-7-12-24(22-16-34-20(3)35-17-22)28(21)32(40)39(27)23-10-5-4-6-11-23/h4-19,30H,1-3H3,(H,36,37,38)/t30-/m0/s1. The van der Waals surface area contributed by atoms with E-state index >= 15 is 0 Å². The van der Waals surface area contributed by atoms with E-state index in [0.29, 0.717) is 27.9 Å². The van der Waals surface area contributed by atoms with Crippen molar-refractivity contribution in [1.29, 1.82) is 0 Å². The molecule has 3 aromatic carbocycles. The van der Waals surface area contributed by atoms with Crippen molar-refractivity contribution in [1.82, 2.24) is 24.5 Å². The minimum Gasteiger partial charge on any atom is -0.361 e. The van der Waals surface area contributed by atoms with Gasteiger partial charge in [-0.15, -0.1) is 0 Å². The Kier molecular flexibility index (Phi) is 6.51. The van der Waals surface area contributed by atoms with Gasteiger partial charge in [0, 0.05) is 29.3 Å². The van der Waals surface area contributed by atoms with Crippen LogP contribution in [0.25, 0.3) is 38.5 Å². The molecule has 6 rings (SSSR count). The lowest BCUT2D eigenvalue weighted by Crippen LogP contribution is -2.29. The summed E-state index contributed by atoms with van der Waals surface area (Å²) in [7, 11) is 0. The van der Waals surface area contributed by atoms with Crippen LogP contribution < -0.4 is 10.9 Å². The van der Waals surface area contributed by atoms with E-state index in [4.69, 9.17) is 0 Å². The van der Waals surface area contributed by atoms with Crippen LogP contribution in [0.4, 0.5) is 10.2 Å². The molecule has 3 aromatic heterocycles. The van der Waals surface area contributed by atoms with Crippen molar-refractivity contribution in [2.75, 3.05) is 5.32 Å². The van der Waals surface area contributed by atoms with Crippen molar-refractivity contribution in [3.63, 3.8) is 0 Å². The largest absolute Gasteiger partial charge is 0.361 e. The van der Waals surface area contributed by atoms with Crippen LogP contribution in [-0.2, 0) is 0 Å². The fraction of sp³-hybridized carbons (Fsp3) is 0.156. The summed E-state index contributed by atoms with van der Waals surface area (Å²) in [6, 6.07) is 21.7. The van der Waals surface area contributed by atoms with Gasteiger partial charge >= 0.3 is 0 Å².